The Hall–Kier alpha value is -1.14. The molecule has 3 rings (SSSR count). The summed E-state index contributed by atoms with van der Waals surface area (Å²) in [5.74, 6) is 0. The van der Waals surface area contributed by atoms with Crippen LogP contribution in [-0.4, -0.2) is 30.1 Å². The summed E-state index contributed by atoms with van der Waals surface area (Å²) in [6, 6.07) is 6.21. The first-order chi connectivity index (χ1) is 10.1. The van der Waals surface area contributed by atoms with Crippen LogP contribution in [0.15, 0.2) is 22.7 Å². The number of nitrogens with one attached hydrogen (secondary N) is 1. The van der Waals surface area contributed by atoms with Crippen LogP contribution >= 0.6 is 15.9 Å². The minimum atomic E-state index is -0.349. The molecule has 0 spiro atoms. The lowest BCUT2D eigenvalue weighted by Gasteiger charge is -2.32. The Morgan fingerprint density at radius 1 is 1.33 bits per heavy atom. The fourth-order valence-electron chi connectivity index (χ4n) is 2.99. The predicted octanol–water partition coefficient (Wildman–Crippen LogP) is 3.47. The Kier molecular flexibility index (Phi) is 4.45. The van der Waals surface area contributed by atoms with Crippen LogP contribution < -0.4 is 10.2 Å². The van der Waals surface area contributed by atoms with Crippen molar-refractivity contribution >= 4 is 27.3 Å². The van der Waals surface area contributed by atoms with E-state index in [2.05, 4.69) is 26.1 Å². The Morgan fingerprint density at radius 3 is 2.71 bits per heavy atom. The molecule has 1 aliphatic carbocycles. The van der Waals surface area contributed by atoms with Crippen LogP contribution in [0.1, 0.15) is 32.1 Å². The molecule has 1 saturated heterocycles. The van der Waals surface area contributed by atoms with E-state index in [9.17, 15) is 10.1 Å². The van der Waals surface area contributed by atoms with Gasteiger partial charge in [0.1, 0.15) is 0 Å². The van der Waals surface area contributed by atoms with Crippen molar-refractivity contribution in [2.45, 2.75) is 44.2 Å². The molecule has 1 aliphatic heterocycles. The smallest absolute Gasteiger partial charge is 0.270 e. The van der Waals surface area contributed by atoms with Gasteiger partial charge >= 0.3 is 0 Å². The van der Waals surface area contributed by atoms with Gasteiger partial charge in [-0.25, -0.2) is 0 Å². The molecule has 21 heavy (non-hydrogen) atoms. The summed E-state index contributed by atoms with van der Waals surface area (Å²) in [4.78, 5) is 12.9. The second-order valence-corrected chi connectivity index (χ2v) is 6.78. The van der Waals surface area contributed by atoms with Crippen molar-refractivity contribution in [3.05, 3.63) is 32.8 Å². The molecule has 1 atom stereocenters. The van der Waals surface area contributed by atoms with Crippen molar-refractivity contribution in [3.63, 3.8) is 0 Å². The minimum Gasteiger partial charge on any atom is -0.366 e. The molecule has 0 radical (unpaired) electrons. The normalized spacial score (nSPS) is 22.0. The van der Waals surface area contributed by atoms with E-state index >= 15 is 0 Å². The molecule has 1 heterocycles. The summed E-state index contributed by atoms with van der Waals surface area (Å²) in [6.07, 6.45) is 6.21. The molecule has 6 heteroatoms. The van der Waals surface area contributed by atoms with Crippen LogP contribution in [0.5, 0.6) is 0 Å². The zero-order chi connectivity index (χ0) is 14.8. The van der Waals surface area contributed by atoms with Crippen molar-refractivity contribution in [1.82, 2.24) is 5.32 Å². The molecule has 114 valence electrons. The molecule has 0 aromatic heterocycles. The lowest BCUT2D eigenvalue weighted by Crippen LogP contribution is -2.44. The molecule has 1 saturated carbocycles. The molecule has 2 fully saturated rings. The predicted molar refractivity (Wildman–Crippen MR) is 86.8 cm³/mol. The van der Waals surface area contributed by atoms with Crippen LogP contribution in [0, 0.1) is 10.1 Å². The summed E-state index contributed by atoms with van der Waals surface area (Å²) in [5.41, 5.74) is 1.22. The highest BCUT2D eigenvalue weighted by molar-refractivity contribution is 9.10. The standard InChI is InChI=1S/C15H20BrN3O2/c16-14-9-13(19(20)21)6-7-15(14)18(12-4-5-12)10-11-3-1-2-8-17-11/h6-7,9,11-12,17H,1-5,8,10H2. The summed E-state index contributed by atoms with van der Waals surface area (Å²) in [6.45, 7) is 2.09. The van der Waals surface area contributed by atoms with Crippen molar-refractivity contribution < 1.29 is 4.92 Å². The Morgan fingerprint density at radius 2 is 2.14 bits per heavy atom. The largest absolute Gasteiger partial charge is 0.366 e. The van der Waals surface area contributed by atoms with Gasteiger partial charge in [-0.3, -0.25) is 10.1 Å². The molecule has 1 aromatic rings. The van der Waals surface area contributed by atoms with Gasteiger partial charge in [0, 0.05) is 35.2 Å². The lowest BCUT2D eigenvalue weighted by atomic mass is 10.0. The first-order valence-electron chi connectivity index (χ1n) is 7.59. The minimum absolute atomic E-state index is 0.136. The molecule has 1 unspecified atom stereocenters. The SMILES string of the molecule is O=[N+]([O-])c1ccc(N(CC2CCCCN2)C2CC2)c(Br)c1. The first-order valence-corrected chi connectivity index (χ1v) is 8.38. The van der Waals surface area contributed by atoms with E-state index in [1.807, 2.05) is 6.07 Å². The number of benzene rings is 1. The maximum atomic E-state index is 10.9. The van der Waals surface area contributed by atoms with Crippen molar-refractivity contribution in [1.29, 1.82) is 0 Å². The third kappa shape index (κ3) is 3.55. The van der Waals surface area contributed by atoms with Crippen molar-refractivity contribution in [2.75, 3.05) is 18.0 Å². The zero-order valence-electron chi connectivity index (χ0n) is 11.9. The summed E-state index contributed by atoms with van der Waals surface area (Å²) < 4.78 is 0.819. The number of nitro groups is 1. The third-order valence-electron chi connectivity index (χ3n) is 4.27. The van der Waals surface area contributed by atoms with E-state index in [-0.39, 0.29) is 10.6 Å². The highest BCUT2D eigenvalue weighted by Crippen LogP contribution is 2.37. The highest BCUT2D eigenvalue weighted by atomic mass is 79.9. The monoisotopic (exact) mass is 353 g/mol. The Bertz CT molecular complexity index is 528. The van der Waals surface area contributed by atoms with E-state index in [4.69, 9.17) is 0 Å². The summed E-state index contributed by atoms with van der Waals surface area (Å²) in [5, 5.41) is 14.4. The average Bonchev–Trinajstić information content (AvgIpc) is 3.31. The zero-order valence-corrected chi connectivity index (χ0v) is 13.5. The van der Waals surface area contributed by atoms with E-state index in [1.54, 1.807) is 12.1 Å². The molecular weight excluding hydrogens is 334 g/mol. The number of nitrogens with zero attached hydrogens (tertiary/aromatic N) is 2. The lowest BCUT2D eigenvalue weighted by molar-refractivity contribution is -0.384. The molecule has 0 amide bonds. The number of hydrogen-bond acceptors (Lipinski definition) is 4. The number of non-ortho nitro benzene ring substituents is 1. The molecule has 2 aliphatic rings. The van der Waals surface area contributed by atoms with Gasteiger partial charge in [-0.05, 0) is 54.2 Å². The highest BCUT2D eigenvalue weighted by Gasteiger charge is 2.32. The maximum absolute atomic E-state index is 10.9. The Balaban J connectivity index is 1.78. The molecular formula is C15H20BrN3O2. The van der Waals surface area contributed by atoms with Gasteiger partial charge in [0.25, 0.3) is 5.69 Å². The number of anilines is 1. The second-order valence-electron chi connectivity index (χ2n) is 5.92. The maximum Gasteiger partial charge on any atom is 0.270 e. The number of hydrogen-bond donors (Lipinski definition) is 1. The fourth-order valence-corrected chi connectivity index (χ4v) is 3.58. The second kappa shape index (κ2) is 6.32. The fraction of sp³-hybridized carbons (Fsp3) is 0.600. The van der Waals surface area contributed by atoms with Gasteiger partial charge in [-0.15, -0.1) is 0 Å². The van der Waals surface area contributed by atoms with Gasteiger partial charge in [0.2, 0.25) is 0 Å². The number of piperidine rings is 1. The van der Waals surface area contributed by atoms with Crippen LogP contribution in [0.3, 0.4) is 0 Å². The van der Waals surface area contributed by atoms with Crippen LogP contribution in [0.4, 0.5) is 11.4 Å². The van der Waals surface area contributed by atoms with Crippen LogP contribution in [0.25, 0.3) is 0 Å². The van der Waals surface area contributed by atoms with E-state index in [1.165, 1.54) is 32.1 Å². The van der Waals surface area contributed by atoms with Crippen molar-refractivity contribution in [2.24, 2.45) is 0 Å². The van der Waals surface area contributed by atoms with Gasteiger partial charge in [-0.2, -0.15) is 0 Å². The number of halogens is 1. The topological polar surface area (TPSA) is 58.4 Å². The van der Waals surface area contributed by atoms with Gasteiger partial charge in [0.15, 0.2) is 0 Å². The van der Waals surface area contributed by atoms with Gasteiger partial charge in [-0.1, -0.05) is 6.42 Å². The van der Waals surface area contributed by atoms with Crippen LogP contribution in [0.2, 0.25) is 0 Å². The molecule has 5 nitrogen and oxygen atoms in total. The quantitative estimate of drug-likeness (QED) is 0.650. The van der Waals surface area contributed by atoms with E-state index in [0.717, 1.165) is 23.2 Å². The Labute approximate surface area is 133 Å². The number of rotatable bonds is 5. The molecule has 1 N–H and O–H groups in total. The van der Waals surface area contributed by atoms with Crippen LogP contribution in [-0.2, 0) is 0 Å². The first kappa shape index (κ1) is 14.8. The van der Waals surface area contributed by atoms with E-state index < -0.39 is 0 Å². The van der Waals surface area contributed by atoms with Crippen molar-refractivity contribution in [3.8, 4) is 0 Å². The summed E-state index contributed by atoms with van der Waals surface area (Å²) in [7, 11) is 0. The summed E-state index contributed by atoms with van der Waals surface area (Å²) >= 11 is 3.51. The van der Waals surface area contributed by atoms with E-state index in [0.29, 0.717) is 12.1 Å². The third-order valence-corrected chi connectivity index (χ3v) is 4.90. The van der Waals surface area contributed by atoms with Gasteiger partial charge in [0.05, 0.1) is 10.6 Å². The molecule has 0 bridgehead atoms. The number of nitro benzene ring substituents is 1. The molecule has 1 aromatic carbocycles. The average molecular weight is 354 g/mol. The van der Waals surface area contributed by atoms with Gasteiger partial charge < -0.3 is 10.2 Å².